The fourth-order valence-corrected chi connectivity index (χ4v) is 2.75. The number of hydrogen-bond acceptors (Lipinski definition) is 6. The van der Waals surface area contributed by atoms with Gasteiger partial charge in [-0.2, -0.15) is 0 Å². The number of carbonyl (C=O) groups excluding carboxylic acids is 2. The van der Waals surface area contributed by atoms with Crippen molar-refractivity contribution in [1.29, 1.82) is 0 Å². The predicted molar refractivity (Wildman–Crippen MR) is 92.9 cm³/mol. The maximum Gasteiger partial charge on any atom is 0.345 e. The van der Waals surface area contributed by atoms with Crippen molar-refractivity contribution in [3.63, 3.8) is 0 Å². The van der Waals surface area contributed by atoms with E-state index in [9.17, 15) is 14.0 Å². The number of hydrogen-bond donors (Lipinski definition) is 1. The van der Waals surface area contributed by atoms with Crippen molar-refractivity contribution < 1.29 is 28.2 Å². The minimum Gasteiger partial charge on any atom is -0.481 e. The molecule has 1 aromatic rings. The number of benzene rings is 1. The Morgan fingerprint density at radius 3 is 2.44 bits per heavy atom. The number of carbonyl (C=O) groups is 2. The summed E-state index contributed by atoms with van der Waals surface area (Å²) >= 11 is 3.14. The van der Waals surface area contributed by atoms with Gasteiger partial charge in [0.1, 0.15) is 17.5 Å². The third-order valence-corrected chi connectivity index (χ3v) is 4.24. The summed E-state index contributed by atoms with van der Waals surface area (Å²) < 4.78 is 29.5. The highest BCUT2D eigenvalue weighted by molar-refractivity contribution is 9.10. The predicted octanol–water partition coefficient (Wildman–Crippen LogP) is 3.20. The van der Waals surface area contributed by atoms with E-state index in [-0.39, 0.29) is 35.1 Å². The molecule has 0 saturated heterocycles. The Kier molecular flexibility index (Phi) is 6.41. The lowest BCUT2D eigenvalue weighted by Crippen LogP contribution is -2.39. The molecule has 0 bridgehead atoms. The van der Waals surface area contributed by atoms with Gasteiger partial charge in [-0.05, 0) is 54.9 Å². The molecule has 1 aromatic carbocycles. The molecule has 2 unspecified atom stereocenters. The maximum atomic E-state index is 13.7. The zero-order chi connectivity index (χ0) is 18.6. The number of ether oxygens (including phenoxy) is 3. The van der Waals surface area contributed by atoms with E-state index in [0.717, 1.165) is 0 Å². The molecule has 0 spiro atoms. The van der Waals surface area contributed by atoms with E-state index in [4.69, 9.17) is 14.2 Å². The minimum absolute atomic E-state index is 0.120. The van der Waals surface area contributed by atoms with Crippen molar-refractivity contribution in [2.75, 3.05) is 18.5 Å². The zero-order valence-corrected chi connectivity index (χ0v) is 15.7. The summed E-state index contributed by atoms with van der Waals surface area (Å²) in [6.45, 7) is 5.33. The number of rotatable bonds is 5. The number of esters is 2. The lowest BCUT2D eigenvalue weighted by molar-refractivity contribution is -0.146. The fourth-order valence-electron chi connectivity index (χ4n) is 2.31. The Labute approximate surface area is 153 Å². The van der Waals surface area contributed by atoms with E-state index in [1.165, 1.54) is 12.1 Å². The summed E-state index contributed by atoms with van der Waals surface area (Å²) in [7, 11) is 0. The van der Waals surface area contributed by atoms with Crippen LogP contribution < -0.4 is 10.1 Å². The van der Waals surface area contributed by atoms with Gasteiger partial charge in [0.25, 0.3) is 0 Å². The van der Waals surface area contributed by atoms with Gasteiger partial charge >= 0.3 is 11.9 Å². The molecular weight excluding hydrogens is 397 g/mol. The first-order chi connectivity index (χ1) is 11.9. The topological polar surface area (TPSA) is 73.9 Å². The van der Waals surface area contributed by atoms with Crippen LogP contribution in [0.15, 0.2) is 28.3 Å². The van der Waals surface area contributed by atoms with Gasteiger partial charge in [0.15, 0.2) is 5.75 Å². The minimum atomic E-state index is -0.791. The van der Waals surface area contributed by atoms with Crippen molar-refractivity contribution in [3.05, 3.63) is 34.1 Å². The second kappa shape index (κ2) is 8.33. The molecule has 2 rings (SSSR count). The molecule has 0 saturated carbocycles. The lowest BCUT2D eigenvalue weighted by atomic mass is 10.1. The Hall–Kier alpha value is -2.09. The van der Waals surface area contributed by atoms with Crippen LogP contribution in [-0.2, 0) is 19.1 Å². The van der Waals surface area contributed by atoms with Crippen LogP contribution in [0.4, 0.5) is 10.1 Å². The van der Waals surface area contributed by atoms with Crippen LogP contribution in [0.1, 0.15) is 20.8 Å². The third kappa shape index (κ3) is 4.31. The SMILES string of the molecule is CCOC(=O)C(=CC1Oc2c(ccc(F)c2Br)NC1C)C(=O)OCC. The molecule has 1 aliphatic heterocycles. The first-order valence-electron chi connectivity index (χ1n) is 7.86. The first-order valence-corrected chi connectivity index (χ1v) is 8.65. The smallest absolute Gasteiger partial charge is 0.345 e. The largest absolute Gasteiger partial charge is 0.481 e. The third-order valence-electron chi connectivity index (χ3n) is 3.50. The van der Waals surface area contributed by atoms with Crippen molar-refractivity contribution in [2.24, 2.45) is 0 Å². The van der Waals surface area contributed by atoms with E-state index < -0.39 is 23.9 Å². The Morgan fingerprint density at radius 2 is 1.88 bits per heavy atom. The van der Waals surface area contributed by atoms with E-state index in [1.54, 1.807) is 19.9 Å². The van der Waals surface area contributed by atoms with E-state index >= 15 is 0 Å². The molecule has 2 atom stereocenters. The van der Waals surface area contributed by atoms with Gasteiger partial charge in [-0.15, -0.1) is 0 Å². The average Bonchev–Trinajstić information content (AvgIpc) is 2.57. The summed E-state index contributed by atoms with van der Waals surface area (Å²) in [5, 5.41) is 3.15. The summed E-state index contributed by atoms with van der Waals surface area (Å²) in [5.41, 5.74) is 0.359. The molecule has 1 aliphatic rings. The van der Waals surface area contributed by atoms with Crippen LogP contribution in [0.2, 0.25) is 0 Å². The summed E-state index contributed by atoms with van der Waals surface area (Å²) in [4.78, 5) is 24.1. The van der Waals surface area contributed by atoms with Crippen LogP contribution in [0.5, 0.6) is 5.75 Å². The summed E-state index contributed by atoms with van der Waals surface area (Å²) in [6.07, 6.45) is 0.642. The maximum absolute atomic E-state index is 13.7. The zero-order valence-electron chi connectivity index (χ0n) is 14.1. The first kappa shape index (κ1) is 19.2. The Balaban J connectivity index is 2.36. The standard InChI is InChI=1S/C17H19BrFNO5/c1-4-23-16(21)10(17(22)24-5-2)8-13-9(3)20-12-7-6-11(19)14(18)15(12)25-13/h6-9,13,20H,4-5H2,1-3H3. The van der Waals surface area contributed by atoms with Crippen LogP contribution in [0, 0.1) is 5.82 Å². The second-order valence-corrected chi connectivity index (χ2v) is 6.07. The van der Waals surface area contributed by atoms with Crippen molar-refractivity contribution in [1.82, 2.24) is 0 Å². The second-order valence-electron chi connectivity index (χ2n) is 5.27. The Bertz CT molecular complexity index is 687. The van der Waals surface area contributed by atoms with Gasteiger partial charge in [-0.3, -0.25) is 0 Å². The monoisotopic (exact) mass is 415 g/mol. The molecular formula is C17H19BrFNO5. The molecule has 0 amide bonds. The van der Waals surface area contributed by atoms with Crippen molar-refractivity contribution in [3.8, 4) is 5.75 Å². The molecule has 25 heavy (non-hydrogen) atoms. The molecule has 1 N–H and O–H groups in total. The average molecular weight is 416 g/mol. The van der Waals surface area contributed by atoms with Crippen LogP contribution >= 0.6 is 15.9 Å². The highest BCUT2D eigenvalue weighted by Gasteiger charge is 2.31. The fraction of sp³-hybridized carbons (Fsp3) is 0.412. The van der Waals surface area contributed by atoms with Gasteiger partial charge in [-0.25, -0.2) is 14.0 Å². The number of halogens is 2. The molecule has 0 aliphatic carbocycles. The van der Waals surface area contributed by atoms with Gasteiger partial charge in [0, 0.05) is 0 Å². The molecule has 8 heteroatoms. The van der Waals surface area contributed by atoms with E-state index in [2.05, 4.69) is 21.2 Å². The van der Waals surface area contributed by atoms with Crippen LogP contribution in [0.25, 0.3) is 0 Å². The number of fused-ring (bicyclic) bond motifs is 1. The van der Waals surface area contributed by atoms with Gasteiger partial charge in [0.05, 0.1) is 29.4 Å². The normalized spacial score (nSPS) is 18.3. The quantitative estimate of drug-likeness (QED) is 0.344. The molecule has 0 aromatic heterocycles. The van der Waals surface area contributed by atoms with Gasteiger partial charge < -0.3 is 19.5 Å². The highest BCUT2D eigenvalue weighted by atomic mass is 79.9. The van der Waals surface area contributed by atoms with Gasteiger partial charge in [-0.1, -0.05) is 0 Å². The van der Waals surface area contributed by atoms with Crippen LogP contribution in [0.3, 0.4) is 0 Å². The number of anilines is 1. The Morgan fingerprint density at radius 1 is 1.28 bits per heavy atom. The summed E-state index contributed by atoms with van der Waals surface area (Å²) in [5.74, 6) is -1.79. The molecule has 136 valence electrons. The molecule has 0 radical (unpaired) electrons. The van der Waals surface area contributed by atoms with Crippen LogP contribution in [-0.4, -0.2) is 37.3 Å². The van der Waals surface area contributed by atoms with Crippen molar-refractivity contribution >= 4 is 33.6 Å². The molecule has 1 heterocycles. The highest BCUT2D eigenvalue weighted by Crippen LogP contribution is 2.40. The van der Waals surface area contributed by atoms with Gasteiger partial charge in [0.2, 0.25) is 0 Å². The molecule has 6 nitrogen and oxygen atoms in total. The molecule has 0 fully saturated rings. The summed E-state index contributed by atoms with van der Waals surface area (Å²) in [6, 6.07) is 2.59. The lowest BCUT2D eigenvalue weighted by Gasteiger charge is -2.32. The van der Waals surface area contributed by atoms with Crippen molar-refractivity contribution in [2.45, 2.75) is 32.9 Å². The van der Waals surface area contributed by atoms with E-state index in [0.29, 0.717) is 5.69 Å². The van der Waals surface area contributed by atoms with E-state index in [1.807, 2.05) is 6.92 Å². The number of nitrogens with one attached hydrogen (secondary N) is 1.